The molecule has 0 radical (unpaired) electrons. The molecule has 1 rings (SSSR count). The second-order valence-electron chi connectivity index (χ2n) is 4.15. The van der Waals surface area contributed by atoms with E-state index < -0.39 is 5.54 Å². The maximum Gasteiger partial charge on any atom is 0.124 e. The Morgan fingerprint density at radius 2 is 2.12 bits per heavy atom. The molecule has 0 aliphatic heterocycles. The Bertz CT molecular complexity index is 386. The van der Waals surface area contributed by atoms with Crippen molar-refractivity contribution < 1.29 is 14.9 Å². The molecular formula is C12H17NO3. The number of ether oxygens (including phenoxy) is 1. The normalized spacial score (nSPS) is 12.0. The number of aliphatic hydroxyl groups excluding tert-OH is 1. The second kappa shape index (κ2) is 4.99. The monoisotopic (exact) mass is 223 g/mol. The first-order chi connectivity index (χ1) is 7.48. The zero-order valence-electron chi connectivity index (χ0n) is 9.77. The highest BCUT2D eigenvalue weighted by Crippen LogP contribution is 2.21. The van der Waals surface area contributed by atoms with E-state index in [2.05, 4.69) is 4.99 Å². The summed E-state index contributed by atoms with van der Waals surface area (Å²) in [4.78, 5) is 4.19. The summed E-state index contributed by atoms with van der Waals surface area (Å²) >= 11 is 0. The van der Waals surface area contributed by atoms with Gasteiger partial charge in [-0.15, -0.1) is 0 Å². The van der Waals surface area contributed by atoms with E-state index in [9.17, 15) is 5.11 Å². The maximum atomic E-state index is 9.59. The Morgan fingerprint density at radius 3 is 2.69 bits per heavy atom. The number of hydrogen-bond donors (Lipinski definition) is 2. The number of aromatic hydroxyl groups is 1. The summed E-state index contributed by atoms with van der Waals surface area (Å²) < 4.78 is 5.05. The lowest BCUT2D eigenvalue weighted by molar-refractivity contribution is 0.223. The van der Waals surface area contributed by atoms with Crippen molar-refractivity contribution in [3.8, 4) is 11.5 Å². The van der Waals surface area contributed by atoms with Crippen LogP contribution in [0.4, 0.5) is 0 Å². The van der Waals surface area contributed by atoms with Crippen LogP contribution in [0.5, 0.6) is 11.5 Å². The lowest BCUT2D eigenvalue weighted by Crippen LogP contribution is -2.21. The molecule has 2 N–H and O–H groups in total. The summed E-state index contributed by atoms with van der Waals surface area (Å²) in [7, 11) is 1.56. The lowest BCUT2D eigenvalue weighted by Gasteiger charge is -2.15. The number of aliphatic hydroxyl groups is 1. The van der Waals surface area contributed by atoms with Gasteiger partial charge < -0.3 is 14.9 Å². The van der Waals surface area contributed by atoms with Crippen molar-refractivity contribution >= 4 is 6.21 Å². The van der Waals surface area contributed by atoms with Crippen molar-refractivity contribution in [1.29, 1.82) is 0 Å². The first kappa shape index (κ1) is 12.5. The summed E-state index contributed by atoms with van der Waals surface area (Å²) in [5, 5.41) is 18.6. The summed E-state index contributed by atoms with van der Waals surface area (Å²) in [6.45, 7) is 3.57. The average Bonchev–Trinajstić information content (AvgIpc) is 2.28. The summed E-state index contributed by atoms with van der Waals surface area (Å²) in [6.07, 6.45) is 1.54. The van der Waals surface area contributed by atoms with E-state index >= 15 is 0 Å². The van der Waals surface area contributed by atoms with E-state index in [1.54, 1.807) is 39.2 Å². The van der Waals surface area contributed by atoms with Crippen LogP contribution in [0.2, 0.25) is 0 Å². The number of phenols is 1. The van der Waals surface area contributed by atoms with E-state index in [4.69, 9.17) is 9.84 Å². The average molecular weight is 223 g/mol. The Kier molecular flexibility index (Phi) is 3.90. The highest BCUT2D eigenvalue weighted by atomic mass is 16.5. The molecule has 1 aromatic rings. The van der Waals surface area contributed by atoms with Crippen LogP contribution in [-0.2, 0) is 0 Å². The molecular weight excluding hydrogens is 206 g/mol. The molecule has 0 unspecified atom stereocenters. The Labute approximate surface area is 95.2 Å². The number of phenolic OH excluding ortho intramolecular Hbond substituents is 1. The van der Waals surface area contributed by atoms with Crippen molar-refractivity contribution in [3.63, 3.8) is 0 Å². The van der Waals surface area contributed by atoms with Gasteiger partial charge in [0, 0.05) is 11.8 Å². The number of aliphatic imine (C=N–C) groups is 1. The zero-order valence-corrected chi connectivity index (χ0v) is 9.77. The molecule has 0 saturated heterocycles. The van der Waals surface area contributed by atoms with Gasteiger partial charge in [-0.05, 0) is 32.0 Å². The van der Waals surface area contributed by atoms with Crippen molar-refractivity contribution in [2.24, 2.45) is 4.99 Å². The SMILES string of the molecule is COc1ccc(O)c(/C=N/C(C)(C)CO)c1. The molecule has 0 amide bonds. The van der Waals surface area contributed by atoms with Crippen LogP contribution < -0.4 is 4.74 Å². The standard InChI is InChI=1S/C12H17NO3/c1-12(2,8-14)13-7-9-6-10(16-3)4-5-11(9)15/h4-7,14-15H,8H2,1-3H3/b13-7+. The third-order valence-corrected chi connectivity index (χ3v) is 2.17. The number of methoxy groups -OCH3 is 1. The molecule has 0 atom stereocenters. The summed E-state index contributed by atoms with van der Waals surface area (Å²) in [5.74, 6) is 0.791. The van der Waals surface area contributed by atoms with Gasteiger partial charge in [-0.2, -0.15) is 0 Å². The third-order valence-electron chi connectivity index (χ3n) is 2.17. The molecule has 1 aromatic carbocycles. The smallest absolute Gasteiger partial charge is 0.124 e. The Balaban J connectivity index is 2.96. The number of hydrogen-bond acceptors (Lipinski definition) is 4. The predicted molar refractivity (Wildman–Crippen MR) is 63.4 cm³/mol. The molecule has 0 aliphatic rings. The van der Waals surface area contributed by atoms with Gasteiger partial charge >= 0.3 is 0 Å². The minimum Gasteiger partial charge on any atom is -0.507 e. The van der Waals surface area contributed by atoms with Gasteiger partial charge in [0.2, 0.25) is 0 Å². The first-order valence-electron chi connectivity index (χ1n) is 5.01. The van der Waals surface area contributed by atoms with Gasteiger partial charge in [0.25, 0.3) is 0 Å². The highest BCUT2D eigenvalue weighted by Gasteiger charge is 2.13. The van der Waals surface area contributed by atoms with E-state index in [1.807, 2.05) is 0 Å². The van der Waals surface area contributed by atoms with Gasteiger partial charge in [0.05, 0.1) is 19.3 Å². The van der Waals surface area contributed by atoms with Crippen molar-refractivity contribution in [1.82, 2.24) is 0 Å². The molecule has 4 nitrogen and oxygen atoms in total. The van der Waals surface area contributed by atoms with Gasteiger partial charge in [-0.25, -0.2) is 0 Å². The van der Waals surface area contributed by atoms with Gasteiger partial charge in [-0.1, -0.05) is 0 Å². The van der Waals surface area contributed by atoms with Gasteiger partial charge in [0.15, 0.2) is 0 Å². The molecule has 4 heteroatoms. The molecule has 88 valence electrons. The van der Waals surface area contributed by atoms with E-state index in [1.165, 1.54) is 6.21 Å². The molecule has 0 spiro atoms. The van der Waals surface area contributed by atoms with Crippen molar-refractivity contribution in [2.75, 3.05) is 13.7 Å². The molecule has 0 bridgehead atoms. The molecule has 0 saturated carbocycles. The fourth-order valence-electron chi connectivity index (χ4n) is 1.05. The topological polar surface area (TPSA) is 62.0 Å². The van der Waals surface area contributed by atoms with Crippen LogP contribution in [-0.4, -0.2) is 35.7 Å². The minimum atomic E-state index is -0.546. The predicted octanol–water partition coefficient (Wildman–Crippen LogP) is 1.59. The van der Waals surface area contributed by atoms with Crippen LogP contribution in [0, 0.1) is 0 Å². The third kappa shape index (κ3) is 3.24. The largest absolute Gasteiger partial charge is 0.507 e. The zero-order chi connectivity index (χ0) is 12.2. The van der Waals surface area contributed by atoms with E-state index in [0.29, 0.717) is 11.3 Å². The second-order valence-corrected chi connectivity index (χ2v) is 4.15. The van der Waals surface area contributed by atoms with E-state index in [-0.39, 0.29) is 12.4 Å². The Morgan fingerprint density at radius 1 is 1.44 bits per heavy atom. The molecule has 0 heterocycles. The minimum absolute atomic E-state index is 0.0474. The quantitative estimate of drug-likeness (QED) is 0.762. The highest BCUT2D eigenvalue weighted by molar-refractivity contribution is 5.84. The lowest BCUT2D eigenvalue weighted by atomic mass is 10.1. The van der Waals surface area contributed by atoms with Crippen LogP contribution in [0.25, 0.3) is 0 Å². The fourth-order valence-corrected chi connectivity index (χ4v) is 1.05. The van der Waals surface area contributed by atoms with Crippen LogP contribution >= 0.6 is 0 Å². The first-order valence-corrected chi connectivity index (χ1v) is 5.01. The number of nitrogens with zero attached hydrogens (tertiary/aromatic N) is 1. The number of benzene rings is 1. The van der Waals surface area contributed by atoms with Crippen LogP contribution in [0.1, 0.15) is 19.4 Å². The molecule has 0 aliphatic carbocycles. The van der Waals surface area contributed by atoms with Crippen LogP contribution in [0.15, 0.2) is 23.2 Å². The summed E-state index contributed by atoms with van der Waals surface area (Å²) in [5.41, 5.74) is 0.0241. The molecule has 0 fully saturated rings. The van der Waals surface area contributed by atoms with Gasteiger partial charge in [0.1, 0.15) is 11.5 Å². The van der Waals surface area contributed by atoms with Crippen molar-refractivity contribution in [2.45, 2.75) is 19.4 Å². The maximum absolute atomic E-state index is 9.59. The van der Waals surface area contributed by atoms with Crippen LogP contribution in [0.3, 0.4) is 0 Å². The molecule has 16 heavy (non-hydrogen) atoms. The van der Waals surface area contributed by atoms with E-state index in [0.717, 1.165) is 0 Å². The fraction of sp³-hybridized carbons (Fsp3) is 0.417. The van der Waals surface area contributed by atoms with Gasteiger partial charge in [-0.3, -0.25) is 4.99 Å². The molecule has 0 aromatic heterocycles. The summed E-state index contributed by atoms with van der Waals surface area (Å²) in [6, 6.07) is 4.91. The Hall–Kier alpha value is -1.55. The number of rotatable bonds is 4. The van der Waals surface area contributed by atoms with Crippen molar-refractivity contribution in [3.05, 3.63) is 23.8 Å².